The zero-order valence-electron chi connectivity index (χ0n) is 15.1. The first-order valence-electron chi connectivity index (χ1n) is 8.36. The highest BCUT2D eigenvalue weighted by molar-refractivity contribution is 7.13. The normalized spacial score (nSPS) is 12.6. The number of carboxylic acids is 1. The molecule has 2 rings (SSSR count). The molecule has 28 heavy (non-hydrogen) atoms. The lowest BCUT2D eigenvalue weighted by molar-refractivity contribution is -0.274. The van der Waals surface area contributed by atoms with Crippen LogP contribution in [-0.2, 0) is 16.0 Å². The van der Waals surface area contributed by atoms with Crippen LogP contribution in [0.5, 0.6) is 5.75 Å². The molecule has 0 fully saturated rings. The molecule has 0 saturated carbocycles. The largest absolute Gasteiger partial charge is 0.573 e. The summed E-state index contributed by atoms with van der Waals surface area (Å²) in [6.07, 6.45) is -4.53. The first-order valence-corrected chi connectivity index (χ1v) is 9.24. The number of carbonyl (C=O) groups excluding carboxylic acids is 1. The number of thiazole rings is 1. The molecule has 152 valence electrons. The molecule has 1 heterocycles. The molecule has 1 aromatic heterocycles. The molecule has 0 aliphatic rings. The number of carboxylic acid groups (broad SMARTS) is 1. The van der Waals surface area contributed by atoms with E-state index in [2.05, 4.69) is 15.0 Å². The highest BCUT2D eigenvalue weighted by Gasteiger charge is 2.31. The maximum Gasteiger partial charge on any atom is 0.573 e. The van der Waals surface area contributed by atoms with Crippen LogP contribution in [0.1, 0.15) is 26.0 Å². The van der Waals surface area contributed by atoms with Crippen molar-refractivity contribution in [3.05, 3.63) is 35.3 Å². The summed E-state index contributed by atoms with van der Waals surface area (Å²) < 4.78 is 40.4. The van der Waals surface area contributed by atoms with Crippen LogP contribution in [0.15, 0.2) is 29.6 Å². The summed E-state index contributed by atoms with van der Waals surface area (Å²) >= 11 is 1.23. The fraction of sp³-hybridized carbons (Fsp3) is 0.389. The average Bonchev–Trinajstić information content (AvgIpc) is 3.01. The zero-order chi connectivity index (χ0) is 20.9. The molecule has 0 radical (unpaired) electrons. The molecule has 0 saturated heterocycles. The van der Waals surface area contributed by atoms with Gasteiger partial charge in [0.2, 0.25) is 5.91 Å². The van der Waals surface area contributed by atoms with E-state index in [1.807, 2.05) is 13.8 Å². The first kappa shape index (κ1) is 21.7. The monoisotopic (exact) mass is 416 g/mol. The number of amides is 1. The molecule has 0 aliphatic carbocycles. The van der Waals surface area contributed by atoms with Crippen molar-refractivity contribution < 1.29 is 32.6 Å². The van der Waals surface area contributed by atoms with E-state index < -0.39 is 24.3 Å². The average molecular weight is 416 g/mol. The highest BCUT2D eigenvalue weighted by atomic mass is 32.1. The molecule has 2 N–H and O–H groups in total. The Morgan fingerprint density at radius 3 is 2.43 bits per heavy atom. The summed E-state index contributed by atoms with van der Waals surface area (Å²) in [5.74, 6) is -1.78. The van der Waals surface area contributed by atoms with Gasteiger partial charge < -0.3 is 15.2 Å². The minimum absolute atomic E-state index is 0.0896. The number of benzene rings is 1. The Kier molecular flexibility index (Phi) is 7.00. The van der Waals surface area contributed by atoms with Gasteiger partial charge in [-0.15, -0.1) is 24.5 Å². The van der Waals surface area contributed by atoms with Crippen molar-refractivity contribution in [1.82, 2.24) is 10.3 Å². The molecule has 0 bridgehead atoms. The second-order valence-electron chi connectivity index (χ2n) is 6.48. The van der Waals surface area contributed by atoms with Gasteiger partial charge in [0.05, 0.1) is 12.1 Å². The Labute approximate surface area is 163 Å². The van der Waals surface area contributed by atoms with E-state index >= 15 is 0 Å². The number of carbonyl (C=O) groups is 2. The molecule has 1 unspecified atom stereocenters. The third-order valence-corrected chi connectivity index (χ3v) is 4.51. The maximum absolute atomic E-state index is 12.2. The Morgan fingerprint density at radius 1 is 1.25 bits per heavy atom. The van der Waals surface area contributed by atoms with Gasteiger partial charge in [-0.2, -0.15) is 0 Å². The van der Waals surface area contributed by atoms with Crippen molar-refractivity contribution in [2.24, 2.45) is 5.92 Å². The number of nitrogens with one attached hydrogen (secondary N) is 1. The van der Waals surface area contributed by atoms with E-state index in [1.54, 1.807) is 5.38 Å². The third kappa shape index (κ3) is 6.84. The summed E-state index contributed by atoms with van der Waals surface area (Å²) in [5.41, 5.74) is 1.02. The van der Waals surface area contributed by atoms with Gasteiger partial charge in [-0.3, -0.25) is 4.79 Å². The minimum atomic E-state index is -4.76. The maximum atomic E-state index is 12.2. The second kappa shape index (κ2) is 9.05. The number of nitrogens with zero attached hydrogens (tertiary/aromatic N) is 1. The number of hydrogen-bond acceptors (Lipinski definition) is 5. The topological polar surface area (TPSA) is 88.5 Å². The smallest absolute Gasteiger partial charge is 0.480 e. The Morgan fingerprint density at radius 2 is 1.89 bits per heavy atom. The molecule has 1 amide bonds. The standard InChI is InChI=1S/C18H19F3N2O4S/c1-10(2)7-14(17(25)26)23-15(24)8-12-9-28-16(22-12)11-3-5-13(6-4-11)27-18(19,20)21/h3-6,9-10,14H,7-8H2,1-2H3,(H,23,24)(H,25,26). The number of aliphatic carboxylic acids is 1. The SMILES string of the molecule is CC(C)CC(NC(=O)Cc1csc(-c2ccc(OC(F)(F)F)cc2)n1)C(=O)O. The van der Waals surface area contributed by atoms with Crippen LogP contribution in [-0.4, -0.2) is 34.4 Å². The molecule has 0 aliphatic heterocycles. The van der Waals surface area contributed by atoms with Crippen LogP contribution in [0.3, 0.4) is 0 Å². The number of aromatic nitrogens is 1. The summed E-state index contributed by atoms with van der Waals surface area (Å²) in [6.45, 7) is 3.72. The first-order chi connectivity index (χ1) is 13.0. The number of rotatable bonds is 8. The lowest BCUT2D eigenvalue weighted by atomic mass is 10.0. The fourth-order valence-electron chi connectivity index (χ4n) is 2.42. The fourth-order valence-corrected chi connectivity index (χ4v) is 3.25. The van der Waals surface area contributed by atoms with Crippen LogP contribution >= 0.6 is 11.3 Å². The van der Waals surface area contributed by atoms with Gasteiger partial charge in [0, 0.05) is 10.9 Å². The molecule has 1 aromatic carbocycles. The van der Waals surface area contributed by atoms with E-state index in [0.717, 1.165) is 0 Å². The van der Waals surface area contributed by atoms with Crippen molar-refractivity contribution >= 4 is 23.2 Å². The van der Waals surface area contributed by atoms with Crippen LogP contribution in [0.2, 0.25) is 0 Å². The van der Waals surface area contributed by atoms with Crippen LogP contribution in [0.25, 0.3) is 10.6 Å². The van der Waals surface area contributed by atoms with Gasteiger partial charge in [0.15, 0.2) is 0 Å². The van der Waals surface area contributed by atoms with Gasteiger partial charge >= 0.3 is 12.3 Å². The van der Waals surface area contributed by atoms with E-state index in [9.17, 15) is 27.9 Å². The van der Waals surface area contributed by atoms with Crippen molar-refractivity contribution in [1.29, 1.82) is 0 Å². The van der Waals surface area contributed by atoms with E-state index in [4.69, 9.17) is 0 Å². The van der Waals surface area contributed by atoms with E-state index in [-0.39, 0.29) is 18.1 Å². The molecule has 10 heteroatoms. The van der Waals surface area contributed by atoms with E-state index in [0.29, 0.717) is 22.7 Å². The summed E-state index contributed by atoms with van der Waals surface area (Å²) in [6, 6.07) is 4.27. The minimum Gasteiger partial charge on any atom is -0.480 e. The van der Waals surface area contributed by atoms with Crippen molar-refractivity contribution in [3.8, 4) is 16.3 Å². The Bertz CT molecular complexity index is 819. The Balaban J connectivity index is 1.99. The lowest BCUT2D eigenvalue weighted by Crippen LogP contribution is -2.42. The van der Waals surface area contributed by atoms with Crippen LogP contribution in [0, 0.1) is 5.92 Å². The van der Waals surface area contributed by atoms with Crippen molar-refractivity contribution in [2.75, 3.05) is 0 Å². The van der Waals surface area contributed by atoms with Gasteiger partial charge in [0.25, 0.3) is 0 Å². The van der Waals surface area contributed by atoms with Crippen LogP contribution in [0.4, 0.5) is 13.2 Å². The molecule has 2 aromatic rings. The van der Waals surface area contributed by atoms with Gasteiger partial charge in [-0.1, -0.05) is 13.8 Å². The molecular weight excluding hydrogens is 397 g/mol. The van der Waals surface area contributed by atoms with Crippen molar-refractivity contribution in [3.63, 3.8) is 0 Å². The molecule has 0 spiro atoms. The van der Waals surface area contributed by atoms with Crippen molar-refractivity contribution in [2.45, 2.75) is 39.1 Å². The Hall–Kier alpha value is -2.62. The van der Waals surface area contributed by atoms with Gasteiger partial charge in [-0.25, -0.2) is 9.78 Å². The van der Waals surface area contributed by atoms with Gasteiger partial charge in [0.1, 0.15) is 16.8 Å². The summed E-state index contributed by atoms with van der Waals surface area (Å²) in [5, 5.41) is 13.8. The summed E-state index contributed by atoms with van der Waals surface area (Å²) in [4.78, 5) is 27.6. The quantitative estimate of drug-likeness (QED) is 0.682. The molecule has 1 atom stereocenters. The highest BCUT2D eigenvalue weighted by Crippen LogP contribution is 2.28. The predicted molar refractivity (Wildman–Crippen MR) is 97.0 cm³/mol. The van der Waals surface area contributed by atoms with E-state index in [1.165, 1.54) is 35.6 Å². The molecular formula is C18H19F3N2O4S. The predicted octanol–water partition coefficient (Wildman–Crippen LogP) is 3.87. The van der Waals surface area contributed by atoms with Crippen LogP contribution < -0.4 is 10.1 Å². The number of halogens is 3. The summed E-state index contributed by atoms with van der Waals surface area (Å²) in [7, 11) is 0. The number of hydrogen-bond donors (Lipinski definition) is 2. The number of alkyl halides is 3. The third-order valence-electron chi connectivity index (χ3n) is 3.57. The van der Waals surface area contributed by atoms with Gasteiger partial charge in [-0.05, 0) is 36.6 Å². The number of ether oxygens (including phenoxy) is 1. The zero-order valence-corrected chi connectivity index (χ0v) is 15.9. The second-order valence-corrected chi connectivity index (χ2v) is 7.34. The molecule has 6 nitrogen and oxygen atoms in total. The lowest BCUT2D eigenvalue weighted by Gasteiger charge is -2.16.